The average molecular weight is 314 g/mol. The van der Waals surface area contributed by atoms with Crippen LogP contribution in [0, 0.1) is 0 Å². The molecule has 6 nitrogen and oxygen atoms in total. The van der Waals surface area contributed by atoms with Crippen LogP contribution in [0.2, 0.25) is 0 Å². The van der Waals surface area contributed by atoms with Gasteiger partial charge in [-0.1, -0.05) is 13.3 Å². The first-order chi connectivity index (χ1) is 10.0. The zero-order valence-electron chi connectivity index (χ0n) is 11.8. The van der Waals surface area contributed by atoms with Crippen LogP contribution in [-0.4, -0.2) is 40.0 Å². The number of hydrogen-bond acceptors (Lipinski definition) is 6. The molecule has 1 heterocycles. The molecule has 0 saturated carbocycles. The van der Waals surface area contributed by atoms with E-state index in [1.165, 1.54) is 18.2 Å². The Kier molecular flexibility index (Phi) is 5.06. The van der Waals surface area contributed by atoms with Crippen LogP contribution in [0.1, 0.15) is 19.8 Å². The summed E-state index contributed by atoms with van der Waals surface area (Å²) in [5, 5.41) is 0. The Morgan fingerprint density at radius 1 is 1.24 bits per heavy atom. The summed E-state index contributed by atoms with van der Waals surface area (Å²) in [5.41, 5.74) is 0. The van der Waals surface area contributed by atoms with Crippen molar-refractivity contribution < 1.29 is 27.4 Å². The Balaban J connectivity index is 2.07. The second-order valence-corrected chi connectivity index (χ2v) is 6.63. The number of benzene rings is 1. The van der Waals surface area contributed by atoms with E-state index in [0.29, 0.717) is 24.7 Å². The highest BCUT2D eigenvalue weighted by Gasteiger charge is 2.23. The maximum atomic E-state index is 12.2. The molecule has 0 N–H and O–H groups in total. The van der Waals surface area contributed by atoms with Crippen LogP contribution in [0.15, 0.2) is 23.1 Å². The molecule has 7 heteroatoms. The normalized spacial score (nSPS) is 13.8. The number of carbonyl (C=O) groups is 1. The van der Waals surface area contributed by atoms with Crippen LogP contribution in [-0.2, 0) is 19.4 Å². The number of sulfone groups is 1. The Morgan fingerprint density at radius 3 is 2.67 bits per heavy atom. The first-order valence-electron chi connectivity index (χ1n) is 6.81. The van der Waals surface area contributed by atoms with Gasteiger partial charge in [0.2, 0.25) is 0 Å². The molecule has 1 aromatic carbocycles. The molecule has 0 fully saturated rings. The highest BCUT2D eigenvalue weighted by molar-refractivity contribution is 7.92. The van der Waals surface area contributed by atoms with Crippen molar-refractivity contribution in [1.82, 2.24) is 0 Å². The van der Waals surface area contributed by atoms with Crippen molar-refractivity contribution in [2.45, 2.75) is 24.7 Å². The molecule has 0 saturated heterocycles. The molecular formula is C14H18O6S. The predicted octanol–water partition coefficient (Wildman–Crippen LogP) is 1.57. The first kappa shape index (κ1) is 15.6. The minimum absolute atomic E-state index is 0.0270. The number of ether oxygens (including phenoxy) is 3. The van der Waals surface area contributed by atoms with Gasteiger partial charge < -0.3 is 14.2 Å². The van der Waals surface area contributed by atoms with Crippen LogP contribution in [0.3, 0.4) is 0 Å². The van der Waals surface area contributed by atoms with E-state index < -0.39 is 21.6 Å². The number of rotatable bonds is 6. The fraction of sp³-hybridized carbons (Fsp3) is 0.500. The summed E-state index contributed by atoms with van der Waals surface area (Å²) in [7, 11) is -3.74. The molecule has 1 aromatic rings. The third-order valence-electron chi connectivity index (χ3n) is 2.94. The number of fused-ring (bicyclic) bond motifs is 1. The fourth-order valence-electron chi connectivity index (χ4n) is 1.83. The zero-order valence-corrected chi connectivity index (χ0v) is 12.6. The maximum Gasteiger partial charge on any atom is 0.321 e. The van der Waals surface area contributed by atoms with Crippen LogP contribution < -0.4 is 9.47 Å². The summed E-state index contributed by atoms with van der Waals surface area (Å²) in [6.45, 7) is 3.00. The average Bonchev–Trinajstić information content (AvgIpc) is 2.46. The van der Waals surface area contributed by atoms with Crippen molar-refractivity contribution in [3.8, 4) is 11.5 Å². The summed E-state index contributed by atoms with van der Waals surface area (Å²) in [5.74, 6) is -0.526. The standard InChI is InChI=1S/C14H18O6S/c1-2-3-6-20-14(15)10-21(16,17)11-4-5-12-13(9-11)19-8-7-18-12/h4-5,9H,2-3,6-8,10H2,1H3. The molecular weight excluding hydrogens is 296 g/mol. The Hall–Kier alpha value is -1.76. The largest absolute Gasteiger partial charge is 0.486 e. The summed E-state index contributed by atoms with van der Waals surface area (Å²) in [4.78, 5) is 11.6. The summed E-state index contributed by atoms with van der Waals surface area (Å²) < 4.78 is 39.9. The molecule has 0 amide bonds. The Labute approximate surface area is 123 Å². The zero-order chi connectivity index (χ0) is 15.3. The smallest absolute Gasteiger partial charge is 0.321 e. The molecule has 0 aliphatic carbocycles. The van der Waals surface area contributed by atoms with Gasteiger partial charge in [-0.3, -0.25) is 4.79 Å². The van der Waals surface area contributed by atoms with Gasteiger partial charge in [0.05, 0.1) is 11.5 Å². The monoisotopic (exact) mass is 314 g/mol. The minimum atomic E-state index is -3.74. The van der Waals surface area contributed by atoms with E-state index in [1.54, 1.807) is 0 Å². The van der Waals surface area contributed by atoms with Gasteiger partial charge in [0, 0.05) is 6.07 Å². The maximum absolute atomic E-state index is 12.2. The molecule has 0 aromatic heterocycles. The van der Waals surface area contributed by atoms with E-state index >= 15 is 0 Å². The molecule has 1 aliphatic heterocycles. The topological polar surface area (TPSA) is 78.9 Å². The molecule has 0 unspecified atom stereocenters. The lowest BCUT2D eigenvalue weighted by atomic mass is 10.3. The number of hydrogen-bond donors (Lipinski definition) is 0. The van der Waals surface area contributed by atoms with Crippen LogP contribution in [0.5, 0.6) is 11.5 Å². The lowest BCUT2D eigenvalue weighted by Gasteiger charge is -2.18. The van der Waals surface area contributed by atoms with Crippen molar-refractivity contribution >= 4 is 15.8 Å². The molecule has 0 bridgehead atoms. The number of carbonyl (C=O) groups excluding carboxylic acids is 1. The Morgan fingerprint density at radius 2 is 1.95 bits per heavy atom. The fourth-order valence-corrected chi connectivity index (χ4v) is 2.95. The molecule has 0 spiro atoms. The highest BCUT2D eigenvalue weighted by atomic mass is 32.2. The van der Waals surface area contributed by atoms with E-state index in [1.807, 2.05) is 6.92 Å². The van der Waals surface area contributed by atoms with Gasteiger partial charge in [-0.2, -0.15) is 0 Å². The van der Waals surface area contributed by atoms with Gasteiger partial charge in [-0.05, 0) is 18.6 Å². The second kappa shape index (κ2) is 6.80. The van der Waals surface area contributed by atoms with Gasteiger partial charge in [0.1, 0.15) is 13.2 Å². The van der Waals surface area contributed by atoms with Gasteiger partial charge in [-0.25, -0.2) is 8.42 Å². The van der Waals surface area contributed by atoms with Crippen molar-refractivity contribution in [3.63, 3.8) is 0 Å². The lowest BCUT2D eigenvalue weighted by Crippen LogP contribution is -2.20. The molecule has 0 atom stereocenters. The number of unbranched alkanes of at least 4 members (excludes halogenated alkanes) is 1. The lowest BCUT2D eigenvalue weighted by molar-refractivity contribution is -0.140. The Bertz CT molecular complexity index is 608. The number of esters is 1. The SMILES string of the molecule is CCCCOC(=O)CS(=O)(=O)c1ccc2c(c1)OCCO2. The second-order valence-electron chi connectivity index (χ2n) is 4.64. The predicted molar refractivity (Wildman–Crippen MR) is 75.4 cm³/mol. The third kappa shape index (κ3) is 4.10. The van der Waals surface area contributed by atoms with Gasteiger partial charge >= 0.3 is 5.97 Å². The molecule has 1 aliphatic rings. The van der Waals surface area contributed by atoms with E-state index in [9.17, 15) is 13.2 Å². The van der Waals surface area contributed by atoms with E-state index in [2.05, 4.69) is 0 Å². The first-order valence-corrected chi connectivity index (χ1v) is 8.46. The van der Waals surface area contributed by atoms with Crippen molar-refractivity contribution in [1.29, 1.82) is 0 Å². The molecule has 116 valence electrons. The summed E-state index contributed by atoms with van der Waals surface area (Å²) >= 11 is 0. The van der Waals surface area contributed by atoms with Crippen molar-refractivity contribution in [3.05, 3.63) is 18.2 Å². The van der Waals surface area contributed by atoms with Gasteiger partial charge in [-0.15, -0.1) is 0 Å². The molecule has 0 radical (unpaired) electrons. The van der Waals surface area contributed by atoms with Crippen molar-refractivity contribution in [2.24, 2.45) is 0 Å². The third-order valence-corrected chi connectivity index (χ3v) is 4.53. The van der Waals surface area contributed by atoms with E-state index in [4.69, 9.17) is 14.2 Å². The van der Waals surface area contributed by atoms with Gasteiger partial charge in [0.25, 0.3) is 0 Å². The van der Waals surface area contributed by atoms with Crippen molar-refractivity contribution in [2.75, 3.05) is 25.6 Å². The van der Waals surface area contributed by atoms with E-state index in [-0.39, 0.29) is 11.5 Å². The van der Waals surface area contributed by atoms with Gasteiger partial charge in [0.15, 0.2) is 27.1 Å². The quantitative estimate of drug-likeness (QED) is 0.586. The minimum Gasteiger partial charge on any atom is -0.486 e. The van der Waals surface area contributed by atoms with E-state index in [0.717, 1.165) is 12.8 Å². The summed E-state index contributed by atoms with van der Waals surface area (Å²) in [6, 6.07) is 4.31. The van der Waals surface area contributed by atoms with Crippen LogP contribution in [0.4, 0.5) is 0 Å². The summed E-state index contributed by atoms with van der Waals surface area (Å²) in [6.07, 6.45) is 1.60. The van der Waals surface area contributed by atoms with Crippen LogP contribution in [0.25, 0.3) is 0 Å². The molecule has 21 heavy (non-hydrogen) atoms. The highest BCUT2D eigenvalue weighted by Crippen LogP contribution is 2.32. The van der Waals surface area contributed by atoms with Crippen LogP contribution >= 0.6 is 0 Å². The molecule has 2 rings (SSSR count).